The van der Waals surface area contributed by atoms with E-state index in [4.69, 9.17) is 16.2 Å². The van der Waals surface area contributed by atoms with Crippen LogP contribution < -0.4 is 5.43 Å². The molecule has 0 saturated heterocycles. The van der Waals surface area contributed by atoms with Crippen molar-refractivity contribution < 1.29 is 13.0 Å². The quantitative estimate of drug-likeness (QED) is 0.759. The van der Waals surface area contributed by atoms with E-state index in [1.54, 1.807) is 0 Å². The molecule has 2 aromatic rings. The maximum atomic E-state index is 11.5. The number of hydrogen-bond acceptors (Lipinski definition) is 3. The van der Waals surface area contributed by atoms with Gasteiger partial charge >= 0.3 is 10.1 Å². The number of hydrogen-bond donors (Lipinski definition) is 2. The van der Waals surface area contributed by atoms with Crippen LogP contribution in [0, 0.1) is 0 Å². The fraction of sp³-hybridized carbons (Fsp3) is 0. The average Bonchev–Trinajstić information content (AvgIpc) is 2.15. The molecule has 0 fully saturated rings. The Bertz CT molecular complexity index is 720. The van der Waals surface area contributed by atoms with Crippen LogP contribution in [-0.2, 0) is 10.1 Å². The molecule has 1 heterocycles. The zero-order valence-corrected chi connectivity index (χ0v) is 9.34. The molecule has 0 amide bonds. The predicted molar refractivity (Wildman–Crippen MR) is 59.4 cm³/mol. The van der Waals surface area contributed by atoms with Gasteiger partial charge in [0.25, 0.3) is 0 Å². The third-order valence-electron chi connectivity index (χ3n) is 2.05. The Morgan fingerprint density at radius 2 is 1.94 bits per heavy atom. The van der Waals surface area contributed by atoms with Crippen LogP contribution in [0.2, 0.25) is 5.02 Å². The highest BCUT2D eigenvalue weighted by Gasteiger charge is 2.12. The Kier molecular flexibility index (Phi) is 2.49. The number of aromatic nitrogens is 1. The van der Waals surface area contributed by atoms with Gasteiger partial charge in [0.05, 0.1) is 5.52 Å². The first-order valence-corrected chi connectivity index (χ1v) is 6.00. The number of H-pyrrole nitrogens is 1. The second kappa shape index (κ2) is 3.58. The predicted octanol–water partition coefficient (Wildman–Crippen LogP) is 1.43. The molecule has 0 atom stereocenters. The molecule has 84 valence electrons. The lowest BCUT2D eigenvalue weighted by atomic mass is 10.2. The monoisotopic (exact) mass is 259 g/mol. The van der Waals surface area contributed by atoms with Crippen molar-refractivity contribution in [2.75, 3.05) is 0 Å². The maximum Gasteiger partial charge on any atom is 0.310 e. The second-order valence-corrected chi connectivity index (χ2v) is 4.99. The Morgan fingerprint density at radius 3 is 2.56 bits per heavy atom. The van der Waals surface area contributed by atoms with E-state index < -0.39 is 20.6 Å². The standard InChI is InChI=1S/C9H6ClNO4S/c10-5-1-2-6-7(3-5)11-9(4-8(6)12)16(13,14)15/h1-4H,(H,11,12)(H,13,14,15). The van der Waals surface area contributed by atoms with Crippen molar-refractivity contribution >= 4 is 32.6 Å². The third kappa shape index (κ3) is 1.95. The lowest BCUT2D eigenvalue weighted by Crippen LogP contribution is -2.09. The second-order valence-electron chi connectivity index (χ2n) is 3.16. The van der Waals surface area contributed by atoms with Crippen molar-refractivity contribution in [3.8, 4) is 0 Å². The minimum atomic E-state index is -4.43. The third-order valence-corrected chi connectivity index (χ3v) is 3.06. The highest BCUT2D eigenvalue weighted by molar-refractivity contribution is 7.85. The van der Waals surface area contributed by atoms with E-state index in [2.05, 4.69) is 4.98 Å². The highest BCUT2D eigenvalue weighted by Crippen LogP contribution is 2.16. The van der Waals surface area contributed by atoms with E-state index in [-0.39, 0.29) is 5.52 Å². The zero-order valence-electron chi connectivity index (χ0n) is 7.77. The molecule has 2 N–H and O–H groups in total. The Hall–Kier alpha value is -1.37. The molecule has 0 aliphatic heterocycles. The van der Waals surface area contributed by atoms with Crippen LogP contribution in [0.4, 0.5) is 0 Å². The van der Waals surface area contributed by atoms with Gasteiger partial charge in [-0.1, -0.05) is 11.6 Å². The number of aromatic amines is 1. The van der Waals surface area contributed by atoms with Crippen LogP contribution in [-0.4, -0.2) is 18.0 Å². The first-order chi connectivity index (χ1) is 7.38. The van der Waals surface area contributed by atoms with Gasteiger partial charge < -0.3 is 4.98 Å². The lowest BCUT2D eigenvalue weighted by molar-refractivity contribution is 0.479. The molecule has 0 bridgehead atoms. The fourth-order valence-electron chi connectivity index (χ4n) is 1.34. The Balaban J connectivity index is 2.91. The van der Waals surface area contributed by atoms with Gasteiger partial charge in [-0.15, -0.1) is 0 Å². The summed E-state index contributed by atoms with van der Waals surface area (Å²) in [6.07, 6.45) is 0. The van der Waals surface area contributed by atoms with Gasteiger partial charge in [0.2, 0.25) is 0 Å². The summed E-state index contributed by atoms with van der Waals surface area (Å²) >= 11 is 5.70. The molecule has 5 nitrogen and oxygen atoms in total. The molecule has 0 radical (unpaired) electrons. The molecule has 1 aromatic heterocycles. The maximum absolute atomic E-state index is 11.5. The molecule has 2 rings (SSSR count). The van der Waals surface area contributed by atoms with Gasteiger partial charge in [-0.25, -0.2) is 0 Å². The Labute approximate surface area is 95.4 Å². The summed E-state index contributed by atoms with van der Waals surface area (Å²) < 4.78 is 30.5. The van der Waals surface area contributed by atoms with Crippen molar-refractivity contribution in [3.63, 3.8) is 0 Å². The van der Waals surface area contributed by atoms with Crippen molar-refractivity contribution in [3.05, 3.63) is 39.5 Å². The van der Waals surface area contributed by atoms with E-state index >= 15 is 0 Å². The van der Waals surface area contributed by atoms with Crippen molar-refractivity contribution in [2.45, 2.75) is 5.03 Å². The van der Waals surface area contributed by atoms with Crippen LogP contribution in [0.3, 0.4) is 0 Å². The van der Waals surface area contributed by atoms with Crippen LogP contribution >= 0.6 is 11.6 Å². The summed E-state index contributed by atoms with van der Waals surface area (Å²) in [5.41, 5.74) is -0.245. The van der Waals surface area contributed by atoms with E-state index in [9.17, 15) is 13.2 Å². The average molecular weight is 260 g/mol. The number of halogens is 1. The summed E-state index contributed by atoms with van der Waals surface area (Å²) in [6, 6.07) is 5.23. The number of nitrogens with one attached hydrogen (secondary N) is 1. The summed E-state index contributed by atoms with van der Waals surface area (Å²) in [5.74, 6) is 0. The number of fused-ring (bicyclic) bond motifs is 1. The molecule has 0 unspecified atom stereocenters. The van der Waals surface area contributed by atoms with Gasteiger partial charge in [-0.2, -0.15) is 8.42 Å². The number of benzene rings is 1. The van der Waals surface area contributed by atoms with Crippen molar-refractivity contribution in [2.24, 2.45) is 0 Å². The van der Waals surface area contributed by atoms with E-state index in [1.165, 1.54) is 18.2 Å². The summed E-state index contributed by atoms with van der Waals surface area (Å²) in [6.45, 7) is 0. The van der Waals surface area contributed by atoms with Gasteiger partial charge in [-0.3, -0.25) is 9.35 Å². The molecule has 0 aliphatic carbocycles. The van der Waals surface area contributed by atoms with E-state index in [0.717, 1.165) is 6.07 Å². The zero-order chi connectivity index (χ0) is 11.9. The molecule has 16 heavy (non-hydrogen) atoms. The van der Waals surface area contributed by atoms with Crippen LogP contribution in [0.15, 0.2) is 34.1 Å². The van der Waals surface area contributed by atoms with Crippen LogP contribution in [0.1, 0.15) is 0 Å². The van der Waals surface area contributed by atoms with E-state index in [0.29, 0.717) is 10.4 Å². The molecule has 0 spiro atoms. The van der Waals surface area contributed by atoms with Crippen LogP contribution in [0.25, 0.3) is 10.9 Å². The number of rotatable bonds is 1. The molecular formula is C9H6ClNO4S. The van der Waals surface area contributed by atoms with Gasteiger partial charge in [0.15, 0.2) is 10.5 Å². The first-order valence-electron chi connectivity index (χ1n) is 4.18. The minimum Gasteiger partial charge on any atom is -0.343 e. The SMILES string of the molecule is O=c1cc(S(=O)(=O)O)[nH]c2cc(Cl)ccc12. The summed E-state index contributed by atoms with van der Waals surface area (Å²) in [4.78, 5) is 13.9. The molecule has 7 heteroatoms. The largest absolute Gasteiger partial charge is 0.343 e. The first kappa shape index (κ1) is 11.1. The highest BCUT2D eigenvalue weighted by atomic mass is 35.5. The van der Waals surface area contributed by atoms with Crippen LogP contribution in [0.5, 0.6) is 0 Å². The minimum absolute atomic E-state index is 0.257. The van der Waals surface area contributed by atoms with Gasteiger partial charge in [0.1, 0.15) is 0 Å². The normalized spacial score (nSPS) is 11.9. The molecular weight excluding hydrogens is 254 g/mol. The molecule has 0 saturated carbocycles. The smallest absolute Gasteiger partial charge is 0.310 e. The Morgan fingerprint density at radius 1 is 1.25 bits per heavy atom. The van der Waals surface area contributed by atoms with Crippen molar-refractivity contribution in [1.29, 1.82) is 0 Å². The summed E-state index contributed by atoms with van der Waals surface area (Å²) in [7, 11) is -4.43. The topological polar surface area (TPSA) is 87.2 Å². The molecule has 1 aromatic carbocycles. The number of pyridine rings is 1. The van der Waals surface area contributed by atoms with Gasteiger partial charge in [0, 0.05) is 16.5 Å². The van der Waals surface area contributed by atoms with E-state index in [1.807, 2.05) is 0 Å². The summed E-state index contributed by atoms with van der Waals surface area (Å²) in [5, 5.41) is 0.111. The van der Waals surface area contributed by atoms with Crippen molar-refractivity contribution in [1.82, 2.24) is 4.98 Å². The molecule has 0 aliphatic rings. The fourth-order valence-corrected chi connectivity index (χ4v) is 2.01. The lowest BCUT2D eigenvalue weighted by Gasteiger charge is -2.01. The van der Waals surface area contributed by atoms with Gasteiger partial charge in [-0.05, 0) is 18.2 Å².